The van der Waals surface area contributed by atoms with Crippen molar-refractivity contribution in [1.29, 1.82) is 0 Å². The van der Waals surface area contributed by atoms with Crippen LogP contribution < -0.4 is 21.7 Å². The lowest BCUT2D eigenvalue weighted by Crippen LogP contribution is -2.57. The summed E-state index contributed by atoms with van der Waals surface area (Å²) in [7, 11) is 0. The highest BCUT2D eigenvalue weighted by Gasteiger charge is 2.28. The number of carbonyl (C=O) groups is 4. The van der Waals surface area contributed by atoms with Gasteiger partial charge in [-0.15, -0.1) is 0 Å². The number of aliphatic carboxylic acids is 1. The number of thiol groups is 2. The standard InChI is InChI=1S/C14H26N4O5S3/c1-7(15)11(19)17-9(5-24)13(21)16-8(3-4-26-2)12(20)18-10(6-25)14(22)23/h7-10,24-25H,3-6,15H2,1-2H3,(H,16,21)(H,17,19)(H,18,20)(H,22,23). The lowest BCUT2D eigenvalue weighted by Gasteiger charge is -2.23. The number of hydrogen-bond acceptors (Lipinski definition) is 8. The molecule has 6 N–H and O–H groups in total. The van der Waals surface area contributed by atoms with Gasteiger partial charge in [0.2, 0.25) is 17.7 Å². The number of thioether (sulfide) groups is 1. The second-order valence-electron chi connectivity index (χ2n) is 5.46. The van der Waals surface area contributed by atoms with E-state index in [0.29, 0.717) is 5.75 Å². The zero-order valence-corrected chi connectivity index (χ0v) is 17.2. The third-order valence-corrected chi connectivity index (χ3v) is 4.64. The van der Waals surface area contributed by atoms with E-state index in [1.807, 2.05) is 6.26 Å². The van der Waals surface area contributed by atoms with Crippen LogP contribution in [0.3, 0.4) is 0 Å². The number of nitrogens with two attached hydrogens (primary N) is 1. The molecule has 0 fully saturated rings. The van der Waals surface area contributed by atoms with E-state index >= 15 is 0 Å². The zero-order valence-electron chi connectivity index (χ0n) is 14.6. The first-order valence-electron chi connectivity index (χ1n) is 7.78. The molecule has 4 atom stereocenters. The molecular weight excluding hydrogens is 400 g/mol. The van der Waals surface area contributed by atoms with Crippen LogP contribution in [0.2, 0.25) is 0 Å². The Balaban J connectivity index is 5.05. The fourth-order valence-electron chi connectivity index (χ4n) is 1.73. The van der Waals surface area contributed by atoms with E-state index in [2.05, 4.69) is 41.2 Å². The number of carbonyl (C=O) groups excluding carboxylic acids is 3. The number of rotatable bonds is 12. The molecule has 150 valence electrons. The molecule has 0 aliphatic heterocycles. The summed E-state index contributed by atoms with van der Waals surface area (Å²) in [4.78, 5) is 47.4. The van der Waals surface area contributed by atoms with Gasteiger partial charge in [0.05, 0.1) is 6.04 Å². The number of carboxylic acid groups (broad SMARTS) is 1. The van der Waals surface area contributed by atoms with E-state index in [1.165, 1.54) is 18.7 Å². The third kappa shape index (κ3) is 9.01. The summed E-state index contributed by atoms with van der Waals surface area (Å²) >= 11 is 9.39. The maximum atomic E-state index is 12.4. The van der Waals surface area contributed by atoms with Gasteiger partial charge in [-0.2, -0.15) is 37.0 Å². The average molecular weight is 427 g/mol. The van der Waals surface area contributed by atoms with Crippen molar-refractivity contribution >= 4 is 60.7 Å². The van der Waals surface area contributed by atoms with Crippen molar-refractivity contribution in [3.63, 3.8) is 0 Å². The maximum absolute atomic E-state index is 12.4. The van der Waals surface area contributed by atoms with Crippen molar-refractivity contribution < 1.29 is 24.3 Å². The molecule has 0 radical (unpaired) electrons. The average Bonchev–Trinajstić information content (AvgIpc) is 2.59. The minimum Gasteiger partial charge on any atom is -0.480 e. The molecule has 0 aliphatic rings. The SMILES string of the molecule is CSCCC(NC(=O)C(CS)NC(=O)C(C)N)C(=O)NC(CS)C(=O)O. The molecule has 0 aliphatic carbocycles. The number of amides is 3. The molecule has 0 aromatic carbocycles. The molecule has 0 aromatic rings. The van der Waals surface area contributed by atoms with E-state index in [4.69, 9.17) is 10.8 Å². The van der Waals surface area contributed by atoms with Gasteiger partial charge >= 0.3 is 5.97 Å². The first-order chi connectivity index (χ1) is 12.2. The van der Waals surface area contributed by atoms with Crippen LogP contribution in [-0.2, 0) is 19.2 Å². The van der Waals surface area contributed by atoms with Crippen molar-refractivity contribution in [3.8, 4) is 0 Å². The van der Waals surface area contributed by atoms with Gasteiger partial charge in [-0.25, -0.2) is 4.79 Å². The minimum absolute atomic E-state index is 0.00948. The first-order valence-corrected chi connectivity index (χ1v) is 10.4. The summed E-state index contributed by atoms with van der Waals surface area (Å²) < 4.78 is 0. The van der Waals surface area contributed by atoms with Crippen LogP contribution in [0, 0.1) is 0 Å². The lowest BCUT2D eigenvalue weighted by molar-refractivity contribution is -0.141. The molecule has 0 spiro atoms. The van der Waals surface area contributed by atoms with Gasteiger partial charge < -0.3 is 26.8 Å². The van der Waals surface area contributed by atoms with Gasteiger partial charge in [0.25, 0.3) is 0 Å². The molecule has 0 bridgehead atoms. The Morgan fingerprint density at radius 2 is 1.42 bits per heavy atom. The Kier molecular flexibility index (Phi) is 12.6. The smallest absolute Gasteiger partial charge is 0.327 e. The van der Waals surface area contributed by atoms with E-state index in [9.17, 15) is 19.2 Å². The summed E-state index contributed by atoms with van der Waals surface area (Å²) in [5.41, 5.74) is 5.45. The molecule has 4 unspecified atom stereocenters. The van der Waals surface area contributed by atoms with Crippen LogP contribution in [0.15, 0.2) is 0 Å². The van der Waals surface area contributed by atoms with Crippen molar-refractivity contribution in [3.05, 3.63) is 0 Å². The Hall–Kier alpha value is -1.11. The van der Waals surface area contributed by atoms with Crippen LogP contribution in [0.1, 0.15) is 13.3 Å². The van der Waals surface area contributed by atoms with Gasteiger partial charge in [-0.05, 0) is 25.4 Å². The molecule has 3 amide bonds. The van der Waals surface area contributed by atoms with E-state index in [1.54, 1.807) is 0 Å². The number of carboxylic acids is 1. The molecule has 9 nitrogen and oxygen atoms in total. The summed E-state index contributed by atoms with van der Waals surface area (Å²) in [5.74, 6) is -2.50. The Labute approximate surface area is 167 Å². The molecule has 26 heavy (non-hydrogen) atoms. The molecule has 0 saturated carbocycles. The van der Waals surface area contributed by atoms with E-state index in [0.717, 1.165) is 0 Å². The zero-order chi connectivity index (χ0) is 20.3. The van der Waals surface area contributed by atoms with Crippen LogP contribution in [0.5, 0.6) is 0 Å². The van der Waals surface area contributed by atoms with Crippen LogP contribution in [-0.4, -0.2) is 76.5 Å². The topological polar surface area (TPSA) is 151 Å². The lowest BCUT2D eigenvalue weighted by atomic mass is 10.1. The molecule has 0 heterocycles. The van der Waals surface area contributed by atoms with Gasteiger partial charge in [0, 0.05) is 11.5 Å². The van der Waals surface area contributed by atoms with Gasteiger partial charge in [0.1, 0.15) is 18.1 Å². The Morgan fingerprint density at radius 3 is 1.85 bits per heavy atom. The highest BCUT2D eigenvalue weighted by atomic mass is 32.2. The predicted molar refractivity (Wildman–Crippen MR) is 108 cm³/mol. The summed E-state index contributed by atoms with van der Waals surface area (Å²) in [6.07, 6.45) is 2.13. The van der Waals surface area contributed by atoms with Gasteiger partial charge in [-0.3, -0.25) is 14.4 Å². The van der Waals surface area contributed by atoms with Crippen molar-refractivity contribution in [2.75, 3.05) is 23.5 Å². The van der Waals surface area contributed by atoms with E-state index < -0.39 is 47.9 Å². The minimum atomic E-state index is -1.22. The molecule has 12 heteroatoms. The van der Waals surface area contributed by atoms with Gasteiger partial charge in [0.15, 0.2) is 0 Å². The fourth-order valence-corrected chi connectivity index (χ4v) is 2.71. The largest absolute Gasteiger partial charge is 0.480 e. The second-order valence-corrected chi connectivity index (χ2v) is 7.17. The van der Waals surface area contributed by atoms with Crippen LogP contribution in [0.4, 0.5) is 0 Å². The Morgan fingerprint density at radius 1 is 0.962 bits per heavy atom. The summed E-state index contributed by atoms with van der Waals surface area (Å²) in [6.45, 7) is 1.47. The monoisotopic (exact) mass is 426 g/mol. The van der Waals surface area contributed by atoms with Crippen molar-refractivity contribution in [1.82, 2.24) is 16.0 Å². The summed E-state index contributed by atoms with van der Waals surface area (Å²) in [5, 5.41) is 16.3. The first kappa shape index (κ1) is 24.9. The third-order valence-electron chi connectivity index (χ3n) is 3.27. The normalized spacial score (nSPS) is 15.3. The molecule has 0 rings (SSSR count). The second kappa shape index (κ2) is 13.1. The van der Waals surface area contributed by atoms with Crippen LogP contribution >= 0.6 is 37.0 Å². The highest BCUT2D eigenvalue weighted by Crippen LogP contribution is 2.03. The maximum Gasteiger partial charge on any atom is 0.327 e. The van der Waals surface area contributed by atoms with Gasteiger partial charge in [-0.1, -0.05) is 0 Å². The van der Waals surface area contributed by atoms with Crippen LogP contribution in [0.25, 0.3) is 0 Å². The predicted octanol–water partition coefficient (Wildman–Crippen LogP) is -1.51. The van der Waals surface area contributed by atoms with Crippen molar-refractivity contribution in [2.24, 2.45) is 5.73 Å². The quantitative estimate of drug-likeness (QED) is 0.187. The molecule has 0 aromatic heterocycles. The fraction of sp³-hybridized carbons (Fsp3) is 0.714. The number of nitrogens with one attached hydrogen (secondary N) is 3. The number of hydrogen-bond donors (Lipinski definition) is 7. The summed E-state index contributed by atoms with van der Waals surface area (Å²) in [6, 6.07) is -3.89. The molecular formula is C14H26N4O5S3. The van der Waals surface area contributed by atoms with Crippen molar-refractivity contribution in [2.45, 2.75) is 37.5 Å². The Bertz CT molecular complexity index is 507. The van der Waals surface area contributed by atoms with E-state index in [-0.39, 0.29) is 17.9 Å². The highest BCUT2D eigenvalue weighted by molar-refractivity contribution is 7.98. The molecule has 0 saturated heterocycles.